The van der Waals surface area contributed by atoms with Gasteiger partial charge in [0.15, 0.2) is 0 Å². The van der Waals surface area contributed by atoms with Gasteiger partial charge in [-0.1, -0.05) is 42.5 Å². The number of amides is 1. The smallest absolute Gasteiger partial charge is 0.407 e. The SMILES string of the molecule is O=C(NCC(O)C(O)c1cccc(F)c1Br)OCc1ccccc1. The predicted molar refractivity (Wildman–Crippen MR) is 89.7 cm³/mol. The van der Waals surface area contributed by atoms with Crippen LogP contribution in [0.3, 0.4) is 0 Å². The van der Waals surface area contributed by atoms with Gasteiger partial charge in [0.25, 0.3) is 0 Å². The predicted octanol–water partition coefficient (Wildman–Crippen LogP) is 2.91. The molecule has 7 heteroatoms. The van der Waals surface area contributed by atoms with Crippen LogP contribution in [0.25, 0.3) is 0 Å². The molecule has 0 radical (unpaired) electrons. The Bertz CT molecular complexity index is 684. The second-order valence-corrected chi connectivity index (χ2v) is 5.89. The first-order valence-corrected chi connectivity index (χ1v) is 8.03. The van der Waals surface area contributed by atoms with E-state index in [4.69, 9.17) is 4.74 Å². The van der Waals surface area contributed by atoms with Crippen molar-refractivity contribution in [3.8, 4) is 0 Å². The fraction of sp³-hybridized carbons (Fsp3) is 0.235. The Labute approximate surface area is 147 Å². The number of carbonyl (C=O) groups is 1. The summed E-state index contributed by atoms with van der Waals surface area (Å²) in [6.07, 6.45) is -3.39. The van der Waals surface area contributed by atoms with Gasteiger partial charge in [-0.15, -0.1) is 0 Å². The molecule has 2 aromatic rings. The van der Waals surface area contributed by atoms with Crippen LogP contribution in [0.2, 0.25) is 0 Å². The highest BCUT2D eigenvalue weighted by Crippen LogP contribution is 2.27. The minimum Gasteiger partial charge on any atom is -0.445 e. The molecule has 0 spiro atoms. The normalized spacial score (nSPS) is 13.2. The number of nitrogens with one attached hydrogen (secondary N) is 1. The Hall–Kier alpha value is -1.96. The third-order valence-corrected chi connectivity index (χ3v) is 4.17. The van der Waals surface area contributed by atoms with E-state index in [-0.39, 0.29) is 23.2 Å². The number of carbonyl (C=O) groups excluding carboxylic acids is 1. The summed E-state index contributed by atoms with van der Waals surface area (Å²) in [5.41, 5.74) is 1.03. The van der Waals surface area contributed by atoms with E-state index in [1.807, 2.05) is 30.3 Å². The Kier molecular flexibility index (Phi) is 6.72. The number of hydrogen-bond acceptors (Lipinski definition) is 4. The van der Waals surface area contributed by atoms with Gasteiger partial charge >= 0.3 is 6.09 Å². The number of rotatable bonds is 6. The standard InChI is InChI=1S/C17H17BrFNO4/c18-15-12(7-4-8-13(15)19)16(22)14(21)9-20-17(23)24-10-11-5-2-1-3-6-11/h1-8,14,16,21-22H,9-10H2,(H,20,23). The zero-order chi connectivity index (χ0) is 17.5. The minimum absolute atomic E-state index is 0.0724. The first-order chi connectivity index (χ1) is 11.5. The number of aliphatic hydroxyl groups is 2. The summed E-state index contributed by atoms with van der Waals surface area (Å²) >= 11 is 3.02. The summed E-state index contributed by atoms with van der Waals surface area (Å²) in [5, 5.41) is 22.4. The van der Waals surface area contributed by atoms with E-state index in [1.54, 1.807) is 0 Å². The molecule has 2 atom stereocenters. The molecule has 0 saturated heterocycles. The van der Waals surface area contributed by atoms with Crippen LogP contribution in [-0.2, 0) is 11.3 Å². The van der Waals surface area contributed by atoms with E-state index < -0.39 is 24.1 Å². The Morgan fingerprint density at radius 3 is 2.58 bits per heavy atom. The molecule has 5 nitrogen and oxygen atoms in total. The summed E-state index contributed by atoms with van der Waals surface area (Å²) in [6.45, 7) is -0.140. The molecule has 0 aliphatic carbocycles. The van der Waals surface area contributed by atoms with Gasteiger partial charge in [-0.3, -0.25) is 0 Å². The molecule has 0 aromatic heterocycles. The van der Waals surface area contributed by atoms with Gasteiger partial charge in [-0.25, -0.2) is 9.18 Å². The van der Waals surface area contributed by atoms with E-state index in [2.05, 4.69) is 21.2 Å². The van der Waals surface area contributed by atoms with Crippen LogP contribution in [-0.4, -0.2) is 29.0 Å². The number of benzene rings is 2. The van der Waals surface area contributed by atoms with Crippen LogP contribution in [0.15, 0.2) is 53.0 Å². The lowest BCUT2D eigenvalue weighted by Gasteiger charge is -2.19. The van der Waals surface area contributed by atoms with E-state index >= 15 is 0 Å². The molecule has 2 aromatic carbocycles. The highest BCUT2D eigenvalue weighted by atomic mass is 79.9. The van der Waals surface area contributed by atoms with Crippen molar-refractivity contribution in [2.45, 2.75) is 18.8 Å². The van der Waals surface area contributed by atoms with Crippen molar-refractivity contribution in [2.75, 3.05) is 6.54 Å². The molecule has 0 heterocycles. The summed E-state index contributed by atoms with van der Waals surface area (Å²) in [4.78, 5) is 11.6. The highest BCUT2D eigenvalue weighted by molar-refractivity contribution is 9.10. The van der Waals surface area contributed by atoms with Gasteiger partial charge < -0.3 is 20.3 Å². The highest BCUT2D eigenvalue weighted by Gasteiger charge is 2.22. The van der Waals surface area contributed by atoms with E-state index in [9.17, 15) is 19.4 Å². The van der Waals surface area contributed by atoms with Crippen LogP contribution in [0.5, 0.6) is 0 Å². The van der Waals surface area contributed by atoms with Crippen molar-refractivity contribution >= 4 is 22.0 Å². The summed E-state index contributed by atoms with van der Waals surface area (Å²) in [5.74, 6) is -0.547. The van der Waals surface area contributed by atoms with Gasteiger partial charge in [0.2, 0.25) is 0 Å². The molecule has 1 amide bonds. The van der Waals surface area contributed by atoms with Crippen molar-refractivity contribution < 1.29 is 24.1 Å². The lowest BCUT2D eigenvalue weighted by molar-refractivity contribution is 0.0178. The molecule has 3 N–H and O–H groups in total. The molecular formula is C17H17BrFNO4. The van der Waals surface area contributed by atoms with Gasteiger partial charge in [0.05, 0.1) is 4.47 Å². The molecular weight excluding hydrogens is 381 g/mol. The summed E-state index contributed by atoms with van der Waals surface area (Å²) < 4.78 is 18.5. The molecule has 0 fully saturated rings. The van der Waals surface area contributed by atoms with Gasteiger partial charge in [0.1, 0.15) is 24.6 Å². The molecule has 0 aliphatic rings. The van der Waals surface area contributed by atoms with Crippen molar-refractivity contribution in [3.05, 3.63) is 69.9 Å². The van der Waals surface area contributed by atoms with Crippen molar-refractivity contribution in [3.63, 3.8) is 0 Å². The van der Waals surface area contributed by atoms with Crippen LogP contribution < -0.4 is 5.32 Å². The Balaban J connectivity index is 1.82. The molecule has 0 aliphatic heterocycles. The van der Waals surface area contributed by atoms with Crippen LogP contribution in [0.4, 0.5) is 9.18 Å². The second-order valence-electron chi connectivity index (χ2n) is 5.10. The van der Waals surface area contributed by atoms with Crippen LogP contribution >= 0.6 is 15.9 Å². The summed E-state index contributed by atoms with van der Waals surface area (Å²) in [7, 11) is 0. The average molecular weight is 398 g/mol. The fourth-order valence-electron chi connectivity index (χ4n) is 2.03. The minimum atomic E-state index is -1.36. The van der Waals surface area contributed by atoms with Crippen molar-refractivity contribution in [1.29, 1.82) is 0 Å². The third kappa shape index (κ3) is 5.02. The number of ether oxygens (including phenoxy) is 1. The maximum absolute atomic E-state index is 13.4. The maximum Gasteiger partial charge on any atom is 0.407 e. The van der Waals surface area contributed by atoms with E-state index in [0.29, 0.717) is 0 Å². The topological polar surface area (TPSA) is 78.8 Å². The monoisotopic (exact) mass is 397 g/mol. The van der Waals surface area contributed by atoms with Gasteiger partial charge in [-0.05, 0) is 27.6 Å². The molecule has 24 heavy (non-hydrogen) atoms. The molecule has 0 bridgehead atoms. The van der Waals surface area contributed by atoms with Crippen molar-refractivity contribution in [2.24, 2.45) is 0 Å². The number of halogens is 2. The Morgan fingerprint density at radius 2 is 1.88 bits per heavy atom. The lowest BCUT2D eigenvalue weighted by atomic mass is 10.0. The molecule has 2 unspecified atom stereocenters. The van der Waals surface area contributed by atoms with Gasteiger partial charge in [0, 0.05) is 12.1 Å². The second kappa shape index (κ2) is 8.77. The fourth-order valence-corrected chi connectivity index (χ4v) is 2.53. The lowest BCUT2D eigenvalue weighted by Crippen LogP contribution is -2.35. The van der Waals surface area contributed by atoms with Gasteiger partial charge in [-0.2, -0.15) is 0 Å². The average Bonchev–Trinajstić information content (AvgIpc) is 2.60. The van der Waals surface area contributed by atoms with E-state index in [1.165, 1.54) is 18.2 Å². The zero-order valence-electron chi connectivity index (χ0n) is 12.7. The van der Waals surface area contributed by atoms with Crippen LogP contribution in [0.1, 0.15) is 17.2 Å². The zero-order valence-corrected chi connectivity index (χ0v) is 14.2. The largest absolute Gasteiger partial charge is 0.445 e. The van der Waals surface area contributed by atoms with Crippen molar-refractivity contribution in [1.82, 2.24) is 5.32 Å². The first kappa shape index (κ1) is 18.4. The number of hydrogen-bond donors (Lipinski definition) is 3. The molecule has 2 rings (SSSR count). The molecule has 128 valence electrons. The number of alkyl carbamates (subject to hydrolysis) is 1. The van der Waals surface area contributed by atoms with Crippen LogP contribution in [0, 0.1) is 5.82 Å². The molecule has 0 saturated carbocycles. The quantitative estimate of drug-likeness (QED) is 0.699. The maximum atomic E-state index is 13.4. The van der Waals surface area contributed by atoms with E-state index in [0.717, 1.165) is 5.56 Å². The first-order valence-electron chi connectivity index (χ1n) is 7.23. The summed E-state index contributed by atoms with van der Waals surface area (Å²) in [6, 6.07) is 13.3. The third-order valence-electron chi connectivity index (χ3n) is 3.33. The number of aliphatic hydroxyl groups excluding tert-OH is 2. The Morgan fingerprint density at radius 1 is 1.17 bits per heavy atom.